The molecule has 0 heterocycles. The molecule has 1 amide bonds. The Morgan fingerprint density at radius 1 is 1.06 bits per heavy atom. The third-order valence-corrected chi connectivity index (χ3v) is 5.52. The van der Waals surface area contributed by atoms with E-state index in [1.165, 1.54) is 11.6 Å². The predicted octanol–water partition coefficient (Wildman–Crippen LogP) is 6.28. The Labute approximate surface area is 212 Å². The minimum Gasteiger partial charge on any atom is -0.490 e. The van der Waals surface area contributed by atoms with Crippen LogP contribution >= 0.6 is 11.6 Å². The van der Waals surface area contributed by atoms with Gasteiger partial charge in [0.2, 0.25) is 0 Å². The first-order valence-corrected chi connectivity index (χ1v) is 12.0. The van der Waals surface area contributed by atoms with Gasteiger partial charge in [-0.1, -0.05) is 71.8 Å². The van der Waals surface area contributed by atoms with Crippen LogP contribution in [0.15, 0.2) is 72.3 Å². The molecule has 0 aliphatic carbocycles. The van der Waals surface area contributed by atoms with Crippen molar-refractivity contribution in [2.24, 2.45) is 0 Å². The minimum atomic E-state index is -0.422. The van der Waals surface area contributed by atoms with Crippen LogP contribution in [0, 0.1) is 18.3 Å². The summed E-state index contributed by atoms with van der Waals surface area (Å²) in [6.45, 7) is 5.12. The fourth-order valence-corrected chi connectivity index (χ4v) is 3.85. The van der Waals surface area contributed by atoms with Gasteiger partial charge < -0.3 is 14.8 Å². The largest absolute Gasteiger partial charge is 0.490 e. The minimum absolute atomic E-state index is 0.00310. The van der Waals surface area contributed by atoms with Crippen LogP contribution in [-0.4, -0.2) is 19.1 Å². The number of carbonyl (C=O) groups is 1. The molecule has 0 spiro atoms. The molecule has 0 atom stereocenters. The fraction of sp³-hybridized carbons (Fsp3) is 0.241. The quantitative estimate of drug-likeness (QED) is 0.196. The lowest BCUT2D eigenvalue weighted by molar-refractivity contribution is -0.117. The van der Waals surface area contributed by atoms with E-state index in [4.69, 9.17) is 21.1 Å². The highest BCUT2D eigenvalue weighted by Crippen LogP contribution is 2.38. The van der Waals surface area contributed by atoms with Gasteiger partial charge in [0.25, 0.3) is 5.91 Å². The van der Waals surface area contributed by atoms with Crippen molar-refractivity contribution in [2.75, 3.05) is 13.2 Å². The molecule has 6 heteroatoms. The van der Waals surface area contributed by atoms with Crippen molar-refractivity contribution in [2.45, 2.75) is 33.3 Å². The van der Waals surface area contributed by atoms with Crippen molar-refractivity contribution in [1.29, 1.82) is 5.26 Å². The third-order valence-electron chi connectivity index (χ3n) is 5.24. The van der Waals surface area contributed by atoms with Crippen LogP contribution in [0.1, 0.15) is 35.6 Å². The summed E-state index contributed by atoms with van der Waals surface area (Å²) in [5.74, 6) is 0.463. The molecule has 3 aromatic carbocycles. The number of rotatable bonds is 11. The van der Waals surface area contributed by atoms with Gasteiger partial charge in [-0.3, -0.25) is 4.79 Å². The lowest BCUT2D eigenvalue weighted by Crippen LogP contribution is -2.25. The molecule has 3 rings (SSSR count). The van der Waals surface area contributed by atoms with Gasteiger partial charge in [0.15, 0.2) is 11.5 Å². The first-order valence-electron chi connectivity index (χ1n) is 11.6. The summed E-state index contributed by atoms with van der Waals surface area (Å²) >= 11 is 6.52. The Balaban J connectivity index is 1.68. The van der Waals surface area contributed by atoms with Crippen LogP contribution in [0.25, 0.3) is 6.08 Å². The lowest BCUT2D eigenvalue weighted by atomic mass is 10.1. The van der Waals surface area contributed by atoms with Crippen molar-refractivity contribution >= 4 is 23.6 Å². The second-order valence-electron chi connectivity index (χ2n) is 8.06. The average Bonchev–Trinajstić information content (AvgIpc) is 2.85. The van der Waals surface area contributed by atoms with Crippen LogP contribution in [0.3, 0.4) is 0 Å². The van der Waals surface area contributed by atoms with Crippen molar-refractivity contribution in [3.63, 3.8) is 0 Å². The predicted molar refractivity (Wildman–Crippen MR) is 139 cm³/mol. The molecule has 0 radical (unpaired) electrons. The molecule has 0 bridgehead atoms. The normalized spacial score (nSPS) is 11.0. The number of nitriles is 1. The van der Waals surface area contributed by atoms with E-state index in [2.05, 4.69) is 17.4 Å². The summed E-state index contributed by atoms with van der Waals surface area (Å²) in [7, 11) is 0. The number of carbonyl (C=O) groups excluding carboxylic acids is 1. The van der Waals surface area contributed by atoms with Gasteiger partial charge in [-0.15, -0.1) is 0 Å². The molecule has 180 valence electrons. The summed E-state index contributed by atoms with van der Waals surface area (Å²) in [5, 5.41) is 12.7. The number of nitrogens with one attached hydrogen (secondary N) is 1. The first kappa shape index (κ1) is 25.9. The maximum absolute atomic E-state index is 12.5. The number of ether oxygens (including phenoxy) is 2. The molecule has 0 unspecified atom stereocenters. The summed E-state index contributed by atoms with van der Waals surface area (Å²) < 4.78 is 11.7. The van der Waals surface area contributed by atoms with E-state index in [-0.39, 0.29) is 5.57 Å². The molecular formula is C29H29ClN2O3. The second-order valence-corrected chi connectivity index (χ2v) is 8.46. The number of benzene rings is 3. The zero-order chi connectivity index (χ0) is 25.0. The topological polar surface area (TPSA) is 71.3 Å². The van der Waals surface area contributed by atoms with Gasteiger partial charge >= 0.3 is 0 Å². The Hall–Kier alpha value is -3.75. The third kappa shape index (κ3) is 7.91. The maximum atomic E-state index is 12.5. The molecule has 0 aliphatic heterocycles. The number of amides is 1. The Bertz CT molecular complexity index is 1220. The van der Waals surface area contributed by atoms with Gasteiger partial charge in [-0.25, -0.2) is 0 Å². The first-order chi connectivity index (χ1) is 17.0. The number of nitrogens with zero attached hydrogens (tertiary/aromatic N) is 1. The molecule has 35 heavy (non-hydrogen) atoms. The highest BCUT2D eigenvalue weighted by Gasteiger charge is 2.15. The van der Waals surface area contributed by atoms with Crippen LogP contribution in [0.2, 0.25) is 5.02 Å². The summed E-state index contributed by atoms with van der Waals surface area (Å²) in [6, 6.07) is 23.5. The molecule has 5 nitrogen and oxygen atoms in total. The van der Waals surface area contributed by atoms with E-state index in [1.54, 1.807) is 12.1 Å². The van der Waals surface area contributed by atoms with Crippen molar-refractivity contribution in [3.8, 4) is 17.6 Å². The molecule has 0 saturated carbocycles. The van der Waals surface area contributed by atoms with Gasteiger partial charge in [0.1, 0.15) is 18.2 Å². The maximum Gasteiger partial charge on any atom is 0.261 e. The van der Waals surface area contributed by atoms with E-state index in [9.17, 15) is 10.1 Å². The van der Waals surface area contributed by atoms with E-state index in [1.807, 2.05) is 62.4 Å². The summed E-state index contributed by atoms with van der Waals surface area (Å²) in [6.07, 6.45) is 3.14. The Kier molecular flexibility index (Phi) is 9.77. The van der Waals surface area contributed by atoms with Crippen LogP contribution < -0.4 is 14.8 Å². The van der Waals surface area contributed by atoms with Crippen LogP contribution in [0.4, 0.5) is 0 Å². The highest BCUT2D eigenvalue weighted by molar-refractivity contribution is 6.32. The molecule has 1 N–H and O–H groups in total. The van der Waals surface area contributed by atoms with E-state index in [0.717, 1.165) is 24.0 Å². The molecule has 0 saturated heterocycles. The van der Waals surface area contributed by atoms with E-state index >= 15 is 0 Å². The second kappa shape index (κ2) is 13.2. The summed E-state index contributed by atoms with van der Waals surface area (Å²) in [5.41, 5.74) is 3.95. The monoisotopic (exact) mass is 488 g/mol. The number of aryl methyl sites for hydroxylation is 2. The molecular weight excluding hydrogens is 460 g/mol. The molecule has 0 aliphatic rings. The molecule has 3 aromatic rings. The van der Waals surface area contributed by atoms with Gasteiger partial charge in [0.05, 0.1) is 11.6 Å². The Morgan fingerprint density at radius 3 is 2.54 bits per heavy atom. The average molecular weight is 489 g/mol. The van der Waals surface area contributed by atoms with Crippen LogP contribution in [-0.2, 0) is 17.8 Å². The number of halogens is 1. The lowest BCUT2D eigenvalue weighted by Gasteiger charge is -2.15. The van der Waals surface area contributed by atoms with Crippen molar-refractivity contribution in [3.05, 3.63) is 99.6 Å². The van der Waals surface area contributed by atoms with E-state index in [0.29, 0.717) is 41.8 Å². The highest BCUT2D eigenvalue weighted by atomic mass is 35.5. The molecule has 0 aromatic heterocycles. The Morgan fingerprint density at radius 2 is 1.83 bits per heavy atom. The fourth-order valence-electron chi connectivity index (χ4n) is 3.58. The standard InChI is InChI=1S/C29H29ClN2O3/c1-3-34-27-18-24(17-26(30)28(27)35-20-23-12-7-9-21(2)15-23)16-25(19-31)29(33)32-14-8-13-22-10-5-4-6-11-22/h4-7,9-12,15-18H,3,8,13-14,20H2,1-2H3,(H,32,33)/b25-16-. The summed E-state index contributed by atoms with van der Waals surface area (Å²) in [4.78, 5) is 12.5. The zero-order valence-corrected chi connectivity index (χ0v) is 20.8. The van der Waals surface area contributed by atoms with Crippen molar-refractivity contribution < 1.29 is 14.3 Å². The van der Waals surface area contributed by atoms with E-state index < -0.39 is 5.91 Å². The number of hydrogen-bond donors (Lipinski definition) is 1. The van der Waals surface area contributed by atoms with Gasteiger partial charge in [-0.2, -0.15) is 5.26 Å². The smallest absolute Gasteiger partial charge is 0.261 e. The molecule has 0 fully saturated rings. The SMILES string of the molecule is CCOc1cc(/C=C(/C#N)C(=O)NCCCc2ccccc2)cc(Cl)c1OCc1cccc(C)c1. The van der Waals surface area contributed by atoms with Crippen molar-refractivity contribution in [1.82, 2.24) is 5.32 Å². The van der Waals surface area contributed by atoms with Gasteiger partial charge in [-0.05, 0) is 61.6 Å². The number of hydrogen-bond acceptors (Lipinski definition) is 4. The van der Waals surface area contributed by atoms with Gasteiger partial charge in [0, 0.05) is 6.54 Å². The van der Waals surface area contributed by atoms with Crippen LogP contribution in [0.5, 0.6) is 11.5 Å². The zero-order valence-electron chi connectivity index (χ0n) is 20.0.